The van der Waals surface area contributed by atoms with Gasteiger partial charge in [-0.1, -0.05) is 55.4 Å². The molecule has 2 saturated heterocycles. The summed E-state index contributed by atoms with van der Waals surface area (Å²) in [6, 6.07) is 1.75. The Bertz CT molecular complexity index is 1490. The molecule has 47 heavy (non-hydrogen) atoms. The van der Waals surface area contributed by atoms with Crippen LogP contribution in [0.5, 0.6) is 0 Å². The molecule has 4 fully saturated rings. The molecule has 2 saturated carbocycles. The van der Waals surface area contributed by atoms with Crippen LogP contribution >= 0.6 is 0 Å². The minimum atomic E-state index is -2.02. The number of carbonyl (C=O) groups is 4. The first kappa shape index (κ1) is 33.7. The molecule has 0 amide bonds. The minimum absolute atomic E-state index is 0.0746. The van der Waals surface area contributed by atoms with Crippen molar-refractivity contribution in [3.8, 4) is 0 Å². The van der Waals surface area contributed by atoms with Crippen LogP contribution in [-0.4, -0.2) is 59.7 Å². The van der Waals surface area contributed by atoms with Gasteiger partial charge in [-0.3, -0.25) is 14.4 Å². The van der Waals surface area contributed by atoms with E-state index in [1.54, 1.807) is 33.1 Å². The van der Waals surface area contributed by atoms with Crippen molar-refractivity contribution < 1.29 is 52.4 Å². The van der Waals surface area contributed by atoms with E-state index in [1.807, 2.05) is 34.6 Å². The maximum Gasteiger partial charge on any atom is 0.331 e. The highest BCUT2D eigenvalue weighted by atomic mass is 16.7. The lowest BCUT2D eigenvalue weighted by molar-refractivity contribution is -0.326. The van der Waals surface area contributed by atoms with Crippen LogP contribution in [0.2, 0.25) is 0 Å². The summed E-state index contributed by atoms with van der Waals surface area (Å²) in [7, 11) is 1.32. The Morgan fingerprint density at radius 2 is 1.74 bits per heavy atom. The van der Waals surface area contributed by atoms with Crippen LogP contribution in [0.25, 0.3) is 0 Å². The van der Waals surface area contributed by atoms with Crippen molar-refractivity contribution in [3.63, 3.8) is 0 Å². The third-order valence-corrected chi connectivity index (χ3v) is 12.7. The van der Waals surface area contributed by atoms with E-state index in [1.165, 1.54) is 19.4 Å². The van der Waals surface area contributed by atoms with E-state index in [0.29, 0.717) is 30.4 Å². The molecule has 4 heterocycles. The fraction of sp³-hybridized carbons (Fsp3) is 0.722. The highest BCUT2D eigenvalue weighted by Gasteiger charge is 2.90. The molecule has 0 radical (unpaired) electrons. The fourth-order valence-electron chi connectivity index (χ4n) is 10.1. The van der Waals surface area contributed by atoms with Crippen LogP contribution in [0.3, 0.4) is 0 Å². The zero-order valence-corrected chi connectivity index (χ0v) is 28.8. The summed E-state index contributed by atoms with van der Waals surface area (Å²) < 4.78 is 36.3. The Morgan fingerprint density at radius 3 is 2.34 bits per heavy atom. The van der Waals surface area contributed by atoms with E-state index in [0.717, 1.165) is 0 Å². The van der Waals surface area contributed by atoms with Gasteiger partial charge in [0.05, 0.1) is 37.4 Å². The highest BCUT2D eigenvalue weighted by Crippen LogP contribution is 2.81. The van der Waals surface area contributed by atoms with Gasteiger partial charge in [-0.05, 0) is 36.8 Å². The summed E-state index contributed by atoms with van der Waals surface area (Å²) in [6.07, 6.45) is 3.07. The SMILES string of the molecule is CCC(C)C(=O)OC1C2C(OC(=O)C(C)C)C34OC2(O)C(C)(C(CC(=O)OC)C1(C)C)C3CCC1(C)C4=CC(=O)OC1c1ccoc1. The van der Waals surface area contributed by atoms with Gasteiger partial charge >= 0.3 is 23.9 Å². The number of furan rings is 1. The summed E-state index contributed by atoms with van der Waals surface area (Å²) in [5, 5.41) is 13.2. The van der Waals surface area contributed by atoms with Crippen molar-refractivity contribution in [2.45, 2.75) is 111 Å². The van der Waals surface area contributed by atoms with Gasteiger partial charge in [0, 0.05) is 40.2 Å². The van der Waals surface area contributed by atoms with Gasteiger partial charge in [0.2, 0.25) is 0 Å². The van der Waals surface area contributed by atoms with Gasteiger partial charge in [-0.2, -0.15) is 0 Å². The van der Waals surface area contributed by atoms with Crippen LogP contribution in [-0.2, 0) is 42.9 Å². The Labute approximate surface area is 275 Å². The van der Waals surface area contributed by atoms with Gasteiger partial charge in [0.25, 0.3) is 0 Å². The van der Waals surface area contributed by atoms with Crippen LogP contribution in [0.4, 0.5) is 0 Å². The second-order valence-corrected chi connectivity index (χ2v) is 15.7. The highest BCUT2D eigenvalue weighted by molar-refractivity contribution is 5.86. The number of aliphatic hydroxyl groups is 1. The molecule has 1 spiro atoms. The van der Waals surface area contributed by atoms with E-state index in [9.17, 15) is 24.3 Å². The van der Waals surface area contributed by atoms with Crippen molar-refractivity contribution in [1.29, 1.82) is 0 Å². The zero-order valence-electron chi connectivity index (χ0n) is 28.8. The Morgan fingerprint density at radius 1 is 1.06 bits per heavy atom. The number of carbonyl (C=O) groups excluding carboxylic acids is 4. The topological polar surface area (TPSA) is 148 Å². The zero-order chi connectivity index (χ0) is 34.5. The first-order valence-corrected chi connectivity index (χ1v) is 16.8. The molecule has 2 bridgehead atoms. The monoisotopic (exact) mass is 656 g/mol. The number of cyclic esters (lactones) is 1. The lowest BCUT2D eigenvalue weighted by Gasteiger charge is -2.67. The van der Waals surface area contributed by atoms with Crippen LogP contribution in [0.1, 0.15) is 92.7 Å². The normalized spacial score (nSPS) is 41.7. The molecule has 5 aliphatic rings. The van der Waals surface area contributed by atoms with Gasteiger partial charge in [0.1, 0.15) is 23.9 Å². The summed E-state index contributed by atoms with van der Waals surface area (Å²) in [6.45, 7) is 14.9. The fourth-order valence-corrected chi connectivity index (χ4v) is 10.1. The molecule has 1 N–H and O–H groups in total. The maximum atomic E-state index is 13.6. The van der Waals surface area contributed by atoms with Crippen LogP contribution in [0.15, 0.2) is 34.7 Å². The molecule has 2 aliphatic carbocycles. The number of esters is 4. The average molecular weight is 657 g/mol. The Kier molecular flexibility index (Phi) is 7.83. The molecule has 1 aromatic rings. The summed E-state index contributed by atoms with van der Waals surface area (Å²) in [5.74, 6) is -7.18. The summed E-state index contributed by atoms with van der Waals surface area (Å²) >= 11 is 0. The molecule has 0 aromatic carbocycles. The molecule has 11 heteroatoms. The lowest BCUT2D eigenvalue weighted by Crippen LogP contribution is -2.76. The van der Waals surface area contributed by atoms with Gasteiger partial charge in [-0.25, -0.2) is 4.79 Å². The smallest absolute Gasteiger partial charge is 0.331 e. The van der Waals surface area contributed by atoms with Crippen molar-refractivity contribution >= 4 is 23.9 Å². The van der Waals surface area contributed by atoms with Gasteiger partial charge in [-0.15, -0.1) is 0 Å². The molecule has 1 aromatic heterocycles. The maximum absolute atomic E-state index is 13.6. The van der Waals surface area contributed by atoms with E-state index < -0.39 is 99.4 Å². The lowest BCUT2D eigenvalue weighted by atomic mass is 9.37. The molecule has 11 atom stereocenters. The first-order chi connectivity index (χ1) is 21.9. The predicted octanol–water partition coefficient (Wildman–Crippen LogP) is 5.06. The van der Waals surface area contributed by atoms with Crippen molar-refractivity contribution in [3.05, 3.63) is 35.8 Å². The van der Waals surface area contributed by atoms with Crippen molar-refractivity contribution in [2.75, 3.05) is 7.11 Å². The predicted molar refractivity (Wildman–Crippen MR) is 165 cm³/mol. The van der Waals surface area contributed by atoms with E-state index >= 15 is 0 Å². The summed E-state index contributed by atoms with van der Waals surface area (Å²) in [5.41, 5.74) is -3.15. The van der Waals surface area contributed by atoms with E-state index in [2.05, 4.69) is 0 Å². The Hall–Kier alpha value is -3.18. The van der Waals surface area contributed by atoms with Crippen LogP contribution < -0.4 is 0 Å². The number of ether oxygens (including phenoxy) is 5. The van der Waals surface area contributed by atoms with Gasteiger partial charge in [0.15, 0.2) is 5.79 Å². The second kappa shape index (κ2) is 10.9. The molecule has 3 aliphatic heterocycles. The number of hydrogen-bond donors (Lipinski definition) is 1. The quantitative estimate of drug-likeness (QED) is 0.296. The number of hydrogen-bond acceptors (Lipinski definition) is 11. The standard InChI is InChI=1S/C36H48O11/c1-10-19(4)31(40)45-28-26-29(46-30(39)18(2)3)35-21(34(8,36(26,41)47-35)22(32(28,5)6)15-24(37)42-9)11-13-33(7)23(35)16-25(38)44-27(33)20-12-14-43-17-20/h12,14,16-19,21-22,26-29,41H,10-11,13,15H2,1-9H3. The first-order valence-electron chi connectivity index (χ1n) is 16.8. The average Bonchev–Trinajstić information content (AvgIpc) is 3.68. The Balaban J connectivity index is 1.62. The molecule has 6 rings (SSSR count). The number of methoxy groups -OCH3 is 1. The number of rotatable bonds is 8. The molecule has 11 nitrogen and oxygen atoms in total. The van der Waals surface area contributed by atoms with Crippen molar-refractivity contribution in [2.24, 2.45) is 45.8 Å². The molecule has 258 valence electrons. The number of fused-ring (bicyclic) bond motifs is 2. The van der Waals surface area contributed by atoms with E-state index in [-0.39, 0.29) is 6.42 Å². The molecule has 11 unspecified atom stereocenters. The third kappa shape index (κ3) is 4.30. The molecular weight excluding hydrogens is 608 g/mol. The van der Waals surface area contributed by atoms with Crippen molar-refractivity contribution in [1.82, 2.24) is 0 Å². The third-order valence-electron chi connectivity index (χ3n) is 12.7. The minimum Gasteiger partial charge on any atom is -0.472 e. The van der Waals surface area contributed by atoms with Gasteiger partial charge < -0.3 is 33.2 Å². The largest absolute Gasteiger partial charge is 0.472 e. The van der Waals surface area contributed by atoms with Crippen LogP contribution in [0, 0.1) is 45.8 Å². The van der Waals surface area contributed by atoms with E-state index in [4.69, 9.17) is 28.1 Å². The molecular formula is C36H48O11. The second-order valence-electron chi connectivity index (χ2n) is 15.7. The summed E-state index contributed by atoms with van der Waals surface area (Å²) in [4.78, 5) is 53.7.